The first-order valence-corrected chi connectivity index (χ1v) is 7.03. The summed E-state index contributed by atoms with van der Waals surface area (Å²) in [6, 6.07) is 11.3. The lowest BCUT2D eigenvalue weighted by Crippen LogP contribution is -1.86. The molecule has 0 unspecified atom stereocenters. The number of aromatic amines is 1. The van der Waals surface area contributed by atoms with E-state index >= 15 is 0 Å². The molecule has 4 rings (SSSR count). The van der Waals surface area contributed by atoms with E-state index in [1.54, 1.807) is 18.3 Å². The van der Waals surface area contributed by atoms with Crippen molar-refractivity contribution in [1.29, 1.82) is 0 Å². The number of hydrogen-bond donors (Lipinski definition) is 1. The Morgan fingerprint density at radius 3 is 2.73 bits per heavy atom. The van der Waals surface area contributed by atoms with Gasteiger partial charge in [0.05, 0.1) is 16.7 Å². The normalized spacial score (nSPS) is 11.4. The minimum Gasteiger partial charge on any atom is -0.358 e. The summed E-state index contributed by atoms with van der Waals surface area (Å²) in [6.07, 6.45) is 1.63. The Labute approximate surface area is 129 Å². The number of nitrogens with one attached hydrogen (secondary N) is 1. The van der Waals surface area contributed by atoms with Crippen molar-refractivity contribution in [3.8, 4) is 11.3 Å². The predicted octanol–water partition coefficient (Wildman–Crippen LogP) is 5.31. The van der Waals surface area contributed by atoms with E-state index < -0.39 is 11.6 Å². The molecule has 0 amide bonds. The molecule has 108 valence electrons. The van der Waals surface area contributed by atoms with Crippen molar-refractivity contribution >= 4 is 33.4 Å². The fourth-order valence-corrected chi connectivity index (χ4v) is 2.87. The second kappa shape index (κ2) is 4.78. The van der Waals surface area contributed by atoms with Crippen LogP contribution in [0.4, 0.5) is 8.78 Å². The third-order valence-corrected chi connectivity index (χ3v) is 3.99. The molecule has 2 aromatic carbocycles. The zero-order valence-corrected chi connectivity index (χ0v) is 12.0. The standard InChI is InChI=1S/C17H9ClF2N2/c18-13-2-1-3-15-10(13)4-5-16(22-15)12-8-21-17-11(12)6-9(19)7-14(17)20/h1-8,21H. The Kier molecular flexibility index (Phi) is 2.87. The maximum absolute atomic E-state index is 13.8. The lowest BCUT2D eigenvalue weighted by atomic mass is 10.1. The molecule has 22 heavy (non-hydrogen) atoms. The minimum atomic E-state index is -0.620. The highest BCUT2D eigenvalue weighted by Gasteiger charge is 2.13. The zero-order valence-electron chi connectivity index (χ0n) is 11.2. The average Bonchev–Trinajstić information content (AvgIpc) is 2.91. The molecule has 0 saturated carbocycles. The van der Waals surface area contributed by atoms with Crippen molar-refractivity contribution in [3.63, 3.8) is 0 Å². The number of nitrogens with zero attached hydrogens (tertiary/aromatic N) is 1. The van der Waals surface area contributed by atoms with Crippen LogP contribution in [0.15, 0.2) is 48.7 Å². The van der Waals surface area contributed by atoms with Gasteiger partial charge in [-0.1, -0.05) is 17.7 Å². The average molecular weight is 315 g/mol. The van der Waals surface area contributed by atoms with Gasteiger partial charge in [-0.3, -0.25) is 0 Å². The lowest BCUT2D eigenvalue weighted by Gasteiger charge is -2.04. The van der Waals surface area contributed by atoms with E-state index in [2.05, 4.69) is 9.97 Å². The van der Waals surface area contributed by atoms with Crippen molar-refractivity contribution < 1.29 is 8.78 Å². The Morgan fingerprint density at radius 2 is 1.86 bits per heavy atom. The van der Waals surface area contributed by atoms with Gasteiger partial charge in [0.15, 0.2) is 0 Å². The van der Waals surface area contributed by atoms with Gasteiger partial charge >= 0.3 is 0 Å². The molecule has 0 aliphatic rings. The summed E-state index contributed by atoms with van der Waals surface area (Å²) in [5.74, 6) is -1.24. The second-order valence-corrected chi connectivity index (χ2v) is 5.42. The van der Waals surface area contributed by atoms with Crippen molar-refractivity contribution in [3.05, 3.63) is 65.3 Å². The third-order valence-electron chi connectivity index (χ3n) is 3.66. The number of aromatic nitrogens is 2. The molecular weight excluding hydrogens is 306 g/mol. The number of halogens is 3. The van der Waals surface area contributed by atoms with Crippen LogP contribution in [0.2, 0.25) is 5.02 Å². The van der Waals surface area contributed by atoms with Crippen LogP contribution in [0.3, 0.4) is 0 Å². The SMILES string of the molecule is Fc1cc(F)c2[nH]cc(-c3ccc4c(Cl)cccc4n3)c2c1. The smallest absolute Gasteiger partial charge is 0.150 e. The Morgan fingerprint density at radius 1 is 1.00 bits per heavy atom. The van der Waals surface area contributed by atoms with Crippen LogP contribution in [-0.4, -0.2) is 9.97 Å². The quantitative estimate of drug-likeness (QED) is 0.506. The van der Waals surface area contributed by atoms with Crippen LogP contribution in [0.5, 0.6) is 0 Å². The van der Waals surface area contributed by atoms with E-state index in [9.17, 15) is 8.78 Å². The molecule has 0 aliphatic carbocycles. The van der Waals surface area contributed by atoms with Gasteiger partial charge in [0.1, 0.15) is 11.6 Å². The van der Waals surface area contributed by atoms with Gasteiger partial charge < -0.3 is 4.98 Å². The molecule has 0 atom stereocenters. The van der Waals surface area contributed by atoms with Crippen LogP contribution in [-0.2, 0) is 0 Å². The molecule has 0 saturated heterocycles. The monoisotopic (exact) mass is 314 g/mol. The first kappa shape index (κ1) is 13.2. The van der Waals surface area contributed by atoms with Gasteiger partial charge in [-0.15, -0.1) is 0 Å². The molecule has 2 nitrogen and oxygen atoms in total. The number of fused-ring (bicyclic) bond motifs is 2. The first-order chi connectivity index (χ1) is 10.6. The van der Waals surface area contributed by atoms with E-state index in [1.165, 1.54) is 6.07 Å². The van der Waals surface area contributed by atoms with Crippen molar-refractivity contribution in [2.24, 2.45) is 0 Å². The van der Waals surface area contributed by atoms with Crippen molar-refractivity contribution in [1.82, 2.24) is 9.97 Å². The van der Waals surface area contributed by atoms with Gasteiger partial charge in [0, 0.05) is 33.6 Å². The third kappa shape index (κ3) is 1.96. The number of rotatable bonds is 1. The molecule has 1 N–H and O–H groups in total. The van der Waals surface area contributed by atoms with Crippen LogP contribution in [0.1, 0.15) is 0 Å². The van der Waals surface area contributed by atoms with Crippen LogP contribution >= 0.6 is 11.6 Å². The number of hydrogen-bond acceptors (Lipinski definition) is 1. The van der Waals surface area contributed by atoms with Crippen LogP contribution in [0.25, 0.3) is 33.1 Å². The highest BCUT2D eigenvalue weighted by atomic mass is 35.5. The van der Waals surface area contributed by atoms with Crippen molar-refractivity contribution in [2.75, 3.05) is 0 Å². The highest BCUT2D eigenvalue weighted by molar-refractivity contribution is 6.35. The Hall–Kier alpha value is -2.46. The van der Waals surface area contributed by atoms with Gasteiger partial charge in [-0.25, -0.2) is 13.8 Å². The largest absolute Gasteiger partial charge is 0.358 e. The summed E-state index contributed by atoms with van der Waals surface area (Å²) >= 11 is 6.13. The van der Waals surface area contributed by atoms with Crippen LogP contribution < -0.4 is 0 Å². The highest BCUT2D eigenvalue weighted by Crippen LogP contribution is 2.31. The summed E-state index contributed by atoms with van der Waals surface area (Å²) in [4.78, 5) is 7.37. The fraction of sp³-hybridized carbons (Fsp3) is 0. The van der Waals surface area contributed by atoms with Gasteiger partial charge in [0.25, 0.3) is 0 Å². The summed E-state index contributed by atoms with van der Waals surface area (Å²) in [5, 5.41) is 1.92. The lowest BCUT2D eigenvalue weighted by molar-refractivity contribution is 0.591. The van der Waals surface area contributed by atoms with E-state index in [0.717, 1.165) is 17.0 Å². The summed E-state index contributed by atoms with van der Waals surface area (Å²) in [7, 11) is 0. The summed E-state index contributed by atoms with van der Waals surface area (Å²) in [5.41, 5.74) is 2.28. The maximum Gasteiger partial charge on any atom is 0.150 e. The molecule has 0 aliphatic heterocycles. The zero-order chi connectivity index (χ0) is 15.3. The first-order valence-electron chi connectivity index (χ1n) is 6.65. The molecule has 4 aromatic rings. The maximum atomic E-state index is 13.8. The fourth-order valence-electron chi connectivity index (χ4n) is 2.63. The van der Waals surface area contributed by atoms with Gasteiger partial charge in [-0.2, -0.15) is 0 Å². The molecule has 2 heterocycles. The Bertz CT molecular complexity index is 1020. The molecule has 2 aromatic heterocycles. The predicted molar refractivity (Wildman–Crippen MR) is 84.0 cm³/mol. The number of benzene rings is 2. The molecule has 5 heteroatoms. The topological polar surface area (TPSA) is 28.7 Å². The molecule has 0 fully saturated rings. The molecular formula is C17H9ClF2N2. The Balaban J connectivity index is 1.99. The number of pyridine rings is 1. The molecule has 0 spiro atoms. The van der Waals surface area contributed by atoms with Gasteiger partial charge in [0.2, 0.25) is 0 Å². The van der Waals surface area contributed by atoms with Gasteiger partial charge in [-0.05, 0) is 30.3 Å². The molecule has 0 bridgehead atoms. The summed E-state index contributed by atoms with van der Waals surface area (Å²) in [6.45, 7) is 0. The van der Waals surface area contributed by atoms with Crippen LogP contribution in [0, 0.1) is 11.6 Å². The minimum absolute atomic E-state index is 0.268. The second-order valence-electron chi connectivity index (χ2n) is 5.02. The van der Waals surface area contributed by atoms with E-state index in [-0.39, 0.29) is 5.52 Å². The van der Waals surface area contributed by atoms with E-state index in [0.29, 0.717) is 21.7 Å². The van der Waals surface area contributed by atoms with Crippen molar-refractivity contribution in [2.45, 2.75) is 0 Å². The summed E-state index contributed by atoms with van der Waals surface area (Å²) < 4.78 is 27.3. The van der Waals surface area contributed by atoms with E-state index in [1.807, 2.05) is 18.2 Å². The molecule has 0 radical (unpaired) electrons. The number of H-pyrrole nitrogens is 1. The van der Waals surface area contributed by atoms with E-state index in [4.69, 9.17) is 11.6 Å².